The lowest BCUT2D eigenvalue weighted by atomic mass is 10.0. The highest BCUT2D eigenvalue weighted by Gasteiger charge is 2.19. The average molecular weight is 476 g/mol. The highest BCUT2D eigenvalue weighted by Crippen LogP contribution is 2.28. The van der Waals surface area contributed by atoms with Gasteiger partial charge >= 0.3 is 0 Å². The zero-order chi connectivity index (χ0) is 24.5. The van der Waals surface area contributed by atoms with Crippen LogP contribution in [0.2, 0.25) is 0 Å². The summed E-state index contributed by atoms with van der Waals surface area (Å²) in [5.74, 6) is -0.800. The van der Waals surface area contributed by atoms with Crippen molar-refractivity contribution in [1.29, 1.82) is 0 Å². The molecule has 0 bridgehead atoms. The molecule has 0 fully saturated rings. The van der Waals surface area contributed by atoms with E-state index in [4.69, 9.17) is 0 Å². The third kappa shape index (κ3) is 4.43. The van der Waals surface area contributed by atoms with E-state index in [0.29, 0.717) is 17.0 Å². The summed E-state index contributed by atoms with van der Waals surface area (Å²) in [5.41, 5.74) is 3.61. The number of pyridine rings is 1. The van der Waals surface area contributed by atoms with E-state index >= 15 is 0 Å². The molecule has 0 aliphatic heterocycles. The number of halogens is 2. The van der Waals surface area contributed by atoms with Gasteiger partial charge in [0.2, 0.25) is 0 Å². The Morgan fingerprint density at radius 1 is 1.20 bits per heavy atom. The largest absolute Gasteiger partial charge is 0.394 e. The van der Waals surface area contributed by atoms with Crippen molar-refractivity contribution >= 4 is 16.7 Å². The Morgan fingerprint density at radius 2 is 2.06 bits per heavy atom. The molecule has 0 saturated heterocycles. The number of H-pyrrole nitrogens is 2. The van der Waals surface area contributed by atoms with E-state index in [9.17, 15) is 18.7 Å². The summed E-state index contributed by atoms with van der Waals surface area (Å²) in [6.07, 6.45) is 6.69. The van der Waals surface area contributed by atoms with Crippen LogP contribution in [-0.4, -0.2) is 42.3 Å². The summed E-state index contributed by atoms with van der Waals surface area (Å²) in [4.78, 5) is 27.4. The van der Waals surface area contributed by atoms with Crippen LogP contribution in [0.15, 0.2) is 66.1 Å². The predicted molar refractivity (Wildman–Crippen MR) is 129 cm³/mol. The molecular formula is C25H22F2N6O2. The van der Waals surface area contributed by atoms with Gasteiger partial charge in [-0.2, -0.15) is 0 Å². The summed E-state index contributed by atoms with van der Waals surface area (Å²) >= 11 is 0. The Bertz CT molecular complexity index is 1560. The van der Waals surface area contributed by atoms with E-state index < -0.39 is 23.2 Å². The number of aliphatic hydroxyl groups is 1. The molecule has 2 aromatic carbocycles. The number of nitrogens with one attached hydrogen (secondary N) is 3. The first-order valence-electron chi connectivity index (χ1n) is 10.9. The van der Waals surface area contributed by atoms with Gasteiger partial charge in [-0.15, -0.1) is 0 Å². The van der Waals surface area contributed by atoms with Gasteiger partial charge in [0.25, 0.3) is 5.56 Å². The standard InChI is InChI=1S/C25H22F2N6O2/c1-14-8-18(33-7-6-28-13-33)11-21-23(14)32-24(31-21)22-20(4-5-29-25(22)35)30-17(12-34)10-15-9-16(26)2-3-19(15)27/h2-9,11,13,17,34H,10,12H2,1H3,(H,31,32)(H2,29,30,35)/t17-/m0/s1. The van der Waals surface area contributed by atoms with Gasteiger partial charge in [0.05, 0.1) is 35.7 Å². The molecule has 3 heterocycles. The van der Waals surface area contributed by atoms with Gasteiger partial charge in [-0.1, -0.05) is 0 Å². The molecule has 1 atom stereocenters. The molecule has 0 aliphatic carbocycles. The van der Waals surface area contributed by atoms with Gasteiger partial charge in [0.1, 0.15) is 23.0 Å². The van der Waals surface area contributed by atoms with E-state index in [1.165, 1.54) is 6.20 Å². The van der Waals surface area contributed by atoms with E-state index in [2.05, 4.69) is 25.3 Å². The number of aromatic amines is 2. The van der Waals surface area contributed by atoms with Crippen LogP contribution in [0.3, 0.4) is 0 Å². The van der Waals surface area contributed by atoms with Gasteiger partial charge in [0, 0.05) is 24.3 Å². The summed E-state index contributed by atoms with van der Waals surface area (Å²) in [6, 6.07) is 8.03. The van der Waals surface area contributed by atoms with Crippen LogP contribution < -0.4 is 10.9 Å². The number of rotatable bonds is 7. The summed E-state index contributed by atoms with van der Waals surface area (Å²) < 4.78 is 29.6. The van der Waals surface area contributed by atoms with E-state index in [1.54, 1.807) is 18.6 Å². The molecule has 0 radical (unpaired) electrons. The fourth-order valence-electron chi connectivity index (χ4n) is 4.13. The fourth-order valence-corrected chi connectivity index (χ4v) is 4.13. The smallest absolute Gasteiger partial charge is 0.261 e. The lowest BCUT2D eigenvalue weighted by molar-refractivity contribution is 0.273. The molecule has 0 spiro atoms. The van der Waals surface area contributed by atoms with Crippen LogP contribution in [0, 0.1) is 18.6 Å². The molecule has 0 aliphatic rings. The van der Waals surface area contributed by atoms with Gasteiger partial charge in [-0.3, -0.25) is 4.79 Å². The Hall–Kier alpha value is -4.31. The maximum absolute atomic E-state index is 14.2. The van der Waals surface area contributed by atoms with Gasteiger partial charge < -0.3 is 25.0 Å². The van der Waals surface area contributed by atoms with Crippen LogP contribution in [0.4, 0.5) is 14.5 Å². The van der Waals surface area contributed by atoms with Crippen molar-refractivity contribution in [3.63, 3.8) is 0 Å². The highest BCUT2D eigenvalue weighted by molar-refractivity contribution is 5.86. The first-order chi connectivity index (χ1) is 16.9. The van der Waals surface area contributed by atoms with E-state index in [0.717, 1.165) is 35.0 Å². The summed E-state index contributed by atoms with van der Waals surface area (Å²) in [7, 11) is 0. The molecular weight excluding hydrogens is 454 g/mol. The van der Waals surface area contributed by atoms with Gasteiger partial charge in [-0.05, 0) is 60.9 Å². The third-order valence-corrected chi connectivity index (χ3v) is 5.82. The number of benzene rings is 2. The molecule has 8 nitrogen and oxygen atoms in total. The molecule has 0 saturated carbocycles. The Morgan fingerprint density at radius 3 is 2.83 bits per heavy atom. The number of aromatic nitrogens is 5. The predicted octanol–water partition coefficient (Wildman–Crippen LogP) is 3.71. The van der Waals surface area contributed by atoms with Crippen LogP contribution in [0.1, 0.15) is 11.1 Å². The second-order valence-corrected chi connectivity index (χ2v) is 8.27. The van der Waals surface area contributed by atoms with Crippen LogP contribution in [0.25, 0.3) is 28.1 Å². The SMILES string of the molecule is Cc1cc(-n2ccnc2)cc2[nH]c(-c3c(N[C@H](CO)Cc4cc(F)ccc4F)cc[nH]c3=O)nc12. The minimum atomic E-state index is -0.675. The first-order valence-corrected chi connectivity index (χ1v) is 10.9. The lowest BCUT2D eigenvalue weighted by Gasteiger charge is -2.19. The van der Waals surface area contributed by atoms with Crippen molar-refractivity contribution < 1.29 is 13.9 Å². The molecule has 10 heteroatoms. The van der Waals surface area contributed by atoms with Crippen molar-refractivity contribution in [3.8, 4) is 17.1 Å². The summed E-state index contributed by atoms with van der Waals surface area (Å²) in [5, 5.41) is 13.0. The number of imidazole rings is 2. The fraction of sp³-hybridized carbons (Fsp3) is 0.160. The number of nitrogens with zero attached hydrogens (tertiary/aromatic N) is 3. The number of fused-ring (bicyclic) bond motifs is 1. The Kier molecular flexibility index (Phi) is 5.87. The van der Waals surface area contributed by atoms with E-state index in [1.807, 2.05) is 29.8 Å². The van der Waals surface area contributed by atoms with Crippen LogP contribution in [-0.2, 0) is 6.42 Å². The third-order valence-electron chi connectivity index (χ3n) is 5.82. The maximum atomic E-state index is 14.2. The van der Waals surface area contributed by atoms with Crippen LogP contribution in [0.5, 0.6) is 0 Å². The van der Waals surface area contributed by atoms with Gasteiger partial charge in [-0.25, -0.2) is 18.7 Å². The zero-order valence-electron chi connectivity index (χ0n) is 18.7. The molecule has 4 N–H and O–H groups in total. The number of hydrogen-bond donors (Lipinski definition) is 4. The molecule has 0 amide bonds. The number of aliphatic hydroxyl groups excluding tert-OH is 1. The second kappa shape index (κ2) is 9.15. The quantitative estimate of drug-likeness (QED) is 0.286. The molecule has 3 aromatic heterocycles. The van der Waals surface area contributed by atoms with E-state index in [-0.39, 0.29) is 24.2 Å². The first kappa shape index (κ1) is 22.5. The normalized spacial score (nSPS) is 12.2. The van der Waals surface area contributed by atoms with Crippen molar-refractivity contribution in [2.24, 2.45) is 0 Å². The summed E-state index contributed by atoms with van der Waals surface area (Å²) in [6.45, 7) is 1.56. The monoisotopic (exact) mass is 476 g/mol. The molecule has 35 heavy (non-hydrogen) atoms. The molecule has 0 unspecified atom stereocenters. The minimum Gasteiger partial charge on any atom is -0.394 e. The van der Waals surface area contributed by atoms with Crippen LogP contribution >= 0.6 is 0 Å². The highest BCUT2D eigenvalue weighted by atomic mass is 19.1. The topological polar surface area (TPSA) is 112 Å². The van der Waals surface area contributed by atoms with Crippen molar-refractivity contribution in [2.75, 3.05) is 11.9 Å². The van der Waals surface area contributed by atoms with Gasteiger partial charge in [0.15, 0.2) is 0 Å². The van der Waals surface area contributed by atoms with Crippen molar-refractivity contribution in [3.05, 3.63) is 94.4 Å². The van der Waals surface area contributed by atoms with Crippen molar-refractivity contribution in [1.82, 2.24) is 24.5 Å². The second-order valence-electron chi connectivity index (χ2n) is 8.27. The zero-order valence-corrected chi connectivity index (χ0v) is 18.7. The maximum Gasteiger partial charge on any atom is 0.261 e. The molecule has 178 valence electrons. The minimum absolute atomic E-state index is 0.0137. The van der Waals surface area contributed by atoms with Crippen molar-refractivity contribution in [2.45, 2.75) is 19.4 Å². The lowest BCUT2D eigenvalue weighted by Crippen LogP contribution is -2.28. The Balaban J connectivity index is 1.52. The number of aryl methyl sites for hydroxylation is 1. The Labute approximate surface area is 198 Å². The molecule has 5 aromatic rings. The average Bonchev–Trinajstić information content (AvgIpc) is 3.51. The number of anilines is 1. The number of hydrogen-bond acceptors (Lipinski definition) is 5. The molecule has 5 rings (SSSR count).